The summed E-state index contributed by atoms with van der Waals surface area (Å²) >= 11 is 0. The minimum Gasteiger partial charge on any atom is -0.303 e. The van der Waals surface area contributed by atoms with Crippen LogP contribution in [0.5, 0.6) is 0 Å². The molecule has 0 aliphatic carbocycles. The van der Waals surface area contributed by atoms with Crippen molar-refractivity contribution < 1.29 is 4.79 Å². The molecule has 0 rings (SSSR count). The van der Waals surface area contributed by atoms with Crippen molar-refractivity contribution in [3.8, 4) is 0 Å². The van der Waals surface area contributed by atoms with Gasteiger partial charge in [-0.3, -0.25) is 0 Å². The Morgan fingerprint density at radius 3 is 2.25 bits per heavy atom. The van der Waals surface area contributed by atoms with Crippen LogP contribution < -0.4 is 0 Å². The molecule has 0 bridgehead atoms. The molecule has 0 radical (unpaired) electrons. The van der Waals surface area contributed by atoms with Crippen molar-refractivity contribution in [3.63, 3.8) is 0 Å². The highest BCUT2D eigenvalue weighted by Gasteiger charge is 2.23. The molecule has 0 aliphatic rings. The molecule has 1 unspecified atom stereocenters. The maximum absolute atomic E-state index is 10.8. The third kappa shape index (κ3) is 3.35. The molecule has 0 spiro atoms. The molecular formula is C10H21NO. The SMILES string of the molecule is CCC(C)(C=O)CN(C)C(C)C. The third-order valence-electron chi connectivity index (χ3n) is 2.58. The fourth-order valence-corrected chi connectivity index (χ4v) is 0.985. The standard InChI is InChI=1S/C10H21NO/c1-6-10(4,8-12)7-11(5)9(2)3/h8-9H,6-7H2,1-5H3. The van der Waals surface area contributed by atoms with Gasteiger partial charge in [-0.05, 0) is 27.3 Å². The molecule has 0 N–H and O–H groups in total. The Hall–Kier alpha value is -0.370. The fraction of sp³-hybridized carbons (Fsp3) is 0.900. The Morgan fingerprint density at radius 1 is 1.50 bits per heavy atom. The Balaban J connectivity index is 4.11. The summed E-state index contributed by atoms with van der Waals surface area (Å²) in [4.78, 5) is 13.0. The monoisotopic (exact) mass is 171 g/mol. The van der Waals surface area contributed by atoms with Gasteiger partial charge in [-0.1, -0.05) is 13.8 Å². The number of nitrogens with zero attached hydrogens (tertiary/aromatic N) is 1. The minimum absolute atomic E-state index is 0.168. The lowest BCUT2D eigenvalue weighted by Crippen LogP contribution is -2.38. The van der Waals surface area contributed by atoms with Crippen LogP contribution in [0.4, 0.5) is 0 Å². The molecule has 0 fully saturated rings. The summed E-state index contributed by atoms with van der Waals surface area (Å²) in [6.07, 6.45) is 1.99. The van der Waals surface area contributed by atoms with Crippen molar-refractivity contribution in [2.24, 2.45) is 5.41 Å². The van der Waals surface area contributed by atoms with Crippen LogP contribution >= 0.6 is 0 Å². The second-order valence-electron chi connectivity index (χ2n) is 4.13. The number of carbonyl (C=O) groups is 1. The Labute approximate surface area is 75.9 Å². The average Bonchev–Trinajstić information content (AvgIpc) is 2.04. The summed E-state index contributed by atoms with van der Waals surface area (Å²) in [5.41, 5.74) is -0.168. The molecule has 0 heterocycles. The van der Waals surface area contributed by atoms with Crippen LogP contribution in [0, 0.1) is 5.41 Å². The predicted molar refractivity (Wildman–Crippen MR) is 52.2 cm³/mol. The van der Waals surface area contributed by atoms with Crippen LogP contribution in [0.15, 0.2) is 0 Å². The van der Waals surface area contributed by atoms with E-state index < -0.39 is 0 Å². The third-order valence-corrected chi connectivity index (χ3v) is 2.58. The quantitative estimate of drug-likeness (QED) is 0.589. The molecule has 0 saturated heterocycles. The zero-order valence-corrected chi connectivity index (χ0v) is 8.92. The van der Waals surface area contributed by atoms with Crippen LogP contribution in [-0.4, -0.2) is 30.8 Å². The van der Waals surface area contributed by atoms with E-state index in [-0.39, 0.29) is 5.41 Å². The first-order valence-corrected chi connectivity index (χ1v) is 4.61. The van der Waals surface area contributed by atoms with E-state index in [1.807, 2.05) is 6.92 Å². The number of hydrogen-bond donors (Lipinski definition) is 0. The van der Waals surface area contributed by atoms with E-state index in [1.165, 1.54) is 0 Å². The van der Waals surface area contributed by atoms with Gasteiger partial charge < -0.3 is 9.69 Å². The van der Waals surface area contributed by atoms with Crippen molar-refractivity contribution in [2.45, 2.75) is 40.2 Å². The van der Waals surface area contributed by atoms with Crippen molar-refractivity contribution in [1.29, 1.82) is 0 Å². The zero-order valence-electron chi connectivity index (χ0n) is 8.92. The normalized spacial score (nSPS) is 16.6. The van der Waals surface area contributed by atoms with Crippen molar-refractivity contribution >= 4 is 6.29 Å². The zero-order chi connectivity index (χ0) is 9.78. The highest BCUT2D eigenvalue weighted by Crippen LogP contribution is 2.19. The van der Waals surface area contributed by atoms with Gasteiger partial charge in [0.15, 0.2) is 0 Å². The fourth-order valence-electron chi connectivity index (χ4n) is 0.985. The minimum atomic E-state index is -0.168. The van der Waals surface area contributed by atoms with E-state index in [4.69, 9.17) is 0 Å². The van der Waals surface area contributed by atoms with E-state index in [2.05, 4.69) is 32.7 Å². The maximum atomic E-state index is 10.8. The van der Waals surface area contributed by atoms with Gasteiger partial charge in [0.05, 0.1) is 0 Å². The Bertz CT molecular complexity index is 145. The van der Waals surface area contributed by atoms with Crippen LogP contribution in [0.25, 0.3) is 0 Å². The molecule has 0 saturated carbocycles. The molecule has 0 aromatic rings. The maximum Gasteiger partial charge on any atom is 0.127 e. The van der Waals surface area contributed by atoms with Crippen molar-refractivity contribution in [2.75, 3.05) is 13.6 Å². The highest BCUT2D eigenvalue weighted by molar-refractivity contribution is 5.58. The first-order valence-electron chi connectivity index (χ1n) is 4.61. The molecular weight excluding hydrogens is 150 g/mol. The van der Waals surface area contributed by atoms with Gasteiger partial charge in [-0.2, -0.15) is 0 Å². The number of rotatable bonds is 5. The summed E-state index contributed by atoms with van der Waals surface area (Å²) < 4.78 is 0. The van der Waals surface area contributed by atoms with E-state index in [1.54, 1.807) is 0 Å². The van der Waals surface area contributed by atoms with Gasteiger partial charge in [0, 0.05) is 18.0 Å². The van der Waals surface area contributed by atoms with Gasteiger partial charge in [-0.15, -0.1) is 0 Å². The van der Waals surface area contributed by atoms with E-state index in [9.17, 15) is 4.79 Å². The summed E-state index contributed by atoms with van der Waals surface area (Å²) in [6, 6.07) is 0.510. The number of carbonyl (C=O) groups excluding carboxylic acids is 1. The van der Waals surface area contributed by atoms with Crippen LogP contribution in [0.3, 0.4) is 0 Å². The van der Waals surface area contributed by atoms with Gasteiger partial charge in [0.2, 0.25) is 0 Å². The molecule has 72 valence electrons. The van der Waals surface area contributed by atoms with Gasteiger partial charge in [-0.25, -0.2) is 0 Å². The summed E-state index contributed by atoms with van der Waals surface area (Å²) in [5, 5.41) is 0. The molecule has 0 amide bonds. The summed E-state index contributed by atoms with van der Waals surface area (Å²) in [7, 11) is 2.06. The lowest BCUT2D eigenvalue weighted by atomic mass is 9.89. The second kappa shape index (κ2) is 4.61. The smallest absolute Gasteiger partial charge is 0.127 e. The molecule has 0 aromatic carbocycles. The van der Waals surface area contributed by atoms with Crippen LogP contribution in [-0.2, 0) is 4.79 Å². The largest absolute Gasteiger partial charge is 0.303 e. The lowest BCUT2D eigenvalue weighted by molar-refractivity contribution is -0.116. The van der Waals surface area contributed by atoms with Gasteiger partial charge in [0.25, 0.3) is 0 Å². The van der Waals surface area contributed by atoms with Gasteiger partial charge >= 0.3 is 0 Å². The topological polar surface area (TPSA) is 20.3 Å². The second-order valence-corrected chi connectivity index (χ2v) is 4.13. The first kappa shape index (κ1) is 11.6. The molecule has 0 aliphatic heterocycles. The van der Waals surface area contributed by atoms with E-state index in [0.29, 0.717) is 6.04 Å². The summed E-state index contributed by atoms with van der Waals surface area (Å²) in [5.74, 6) is 0. The van der Waals surface area contributed by atoms with Crippen molar-refractivity contribution in [1.82, 2.24) is 4.90 Å². The molecule has 1 atom stereocenters. The average molecular weight is 171 g/mol. The molecule has 0 aromatic heterocycles. The number of aldehydes is 1. The van der Waals surface area contributed by atoms with E-state index in [0.717, 1.165) is 19.3 Å². The predicted octanol–water partition coefficient (Wildman–Crippen LogP) is 1.94. The molecule has 12 heavy (non-hydrogen) atoms. The van der Waals surface area contributed by atoms with E-state index >= 15 is 0 Å². The molecule has 2 heteroatoms. The Morgan fingerprint density at radius 2 is 2.00 bits per heavy atom. The molecule has 2 nitrogen and oxygen atoms in total. The summed E-state index contributed by atoms with van der Waals surface area (Å²) in [6.45, 7) is 9.20. The Kier molecular flexibility index (Phi) is 4.46. The van der Waals surface area contributed by atoms with Gasteiger partial charge in [0.1, 0.15) is 6.29 Å². The van der Waals surface area contributed by atoms with Crippen LogP contribution in [0.1, 0.15) is 34.1 Å². The number of hydrogen-bond acceptors (Lipinski definition) is 2. The first-order chi connectivity index (χ1) is 5.45. The van der Waals surface area contributed by atoms with Crippen molar-refractivity contribution in [3.05, 3.63) is 0 Å². The highest BCUT2D eigenvalue weighted by atomic mass is 16.1. The van der Waals surface area contributed by atoms with Crippen LogP contribution in [0.2, 0.25) is 0 Å². The lowest BCUT2D eigenvalue weighted by Gasteiger charge is -2.30.